The summed E-state index contributed by atoms with van der Waals surface area (Å²) >= 11 is 0. The number of anilines is 2. The molecule has 5 nitrogen and oxygen atoms in total. The van der Waals surface area contributed by atoms with Crippen LogP contribution in [0.4, 0.5) is 15.8 Å². The fourth-order valence-corrected chi connectivity index (χ4v) is 4.97. The van der Waals surface area contributed by atoms with Gasteiger partial charge in [-0.25, -0.2) is 4.39 Å². The highest BCUT2D eigenvalue weighted by Crippen LogP contribution is 2.37. The van der Waals surface area contributed by atoms with E-state index in [1.165, 1.54) is 25.0 Å². The molecule has 2 fully saturated rings. The number of para-hydroxylation sites is 2. The van der Waals surface area contributed by atoms with Crippen LogP contribution in [0.1, 0.15) is 48.9 Å². The van der Waals surface area contributed by atoms with Gasteiger partial charge in [-0.15, -0.1) is 0 Å². The summed E-state index contributed by atoms with van der Waals surface area (Å²) in [5, 5.41) is 7.31. The second-order valence-corrected chi connectivity index (χ2v) is 8.63. The molecule has 2 N–H and O–H groups in total. The van der Waals surface area contributed by atoms with Crippen LogP contribution in [0, 0.1) is 5.82 Å². The van der Waals surface area contributed by atoms with Gasteiger partial charge in [0.2, 0.25) is 0 Å². The monoisotopic (exact) mass is 406 g/mol. The summed E-state index contributed by atoms with van der Waals surface area (Å²) < 4.78 is 13.7. The van der Waals surface area contributed by atoms with Crippen molar-refractivity contribution in [2.24, 2.45) is 4.99 Å². The van der Waals surface area contributed by atoms with Gasteiger partial charge in [0, 0.05) is 12.1 Å². The summed E-state index contributed by atoms with van der Waals surface area (Å²) in [5.41, 5.74) is 2.00. The molecule has 1 unspecified atom stereocenters. The fraction of sp³-hybridized carbons (Fsp3) is 0.417. The molecule has 1 saturated heterocycles. The molecule has 5 rings (SSSR count). The molecule has 1 saturated carbocycles. The lowest BCUT2D eigenvalue weighted by Gasteiger charge is -2.47. The summed E-state index contributed by atoms with van der Waals surface area (Å²) in [6.07, 6.45) is 6.45. The Morgan fingerprint density at radius 2 is 1.87 bits per heavy atom. The molecule has 1 aliphatic carbocycles. The van der Waals surface area contributed by atoms with E-state index >= 15 is 0 Å². The normalized spacial score (nSPS) is 25.1. The zero-order valence-corrected chi connectivity index (χ0v) is 17.0. The molecular formula is C24H27FN4O. The first-order valence-corrected chi connectivity index (χ1v) is 10.9. The zero-order chi connectivity index (χ0) is 20.6. The molecule has 2 aliphatic heterocycles. The molecule has 2 heterocycles. The summed E-state index contributed by atoms with van der Waals surface area (Å²) in [5.74, 6) is 0.418. The summed E-state index contributed by atoms with van der Waals surface area (Å²) in [7, 11) is 0. The molecule has 2 aromatic carbocycles. The molecule has 0 radical (unpaired) electrons. The van der Waals surface area contributed by atoms with E-state index in [4.69, 9.17) is 4.99 Å². The predicted octanol–water partition coefficient (Wildman–Crippen LogP) is 4.68. The van der Waals surface area contributed by atoms with Crippen LogP contribution in [0.3, 0.4) is 0 Å². The number of hydrogen-bond acceptors (Lipinski definition) is 3. The van der Waals surface area contributed by atoms with E-state index in [1.54, 1.807) is 12.1 Å². The van der Waals surface area contributed by atoms with Gasteiger partial charge in [0.1, 0.15) is 17.2 Å². The number of nitrogens with one attached hydrogen (secondary N) is 2. The second kappa shape index (κ2) is 7.74. The number of rotatable bonds is 2. The minimum absolute atomic E-state index is 0.130. The van der Waals surface area contributed by atoms with E-state index in [1.807, 2.05) is 17.0 Å². The van der Waals surface area contributed by atoms with Crippen LogP contribution >= 0.6 is 0 Å². The standard InChI is InChI=1S/C24H27FN4O/c25-18-8-5-7-17(15-18)22(30)29-14-6-13-24(16-29)23(26-19-9-1-2-10-19)27-20-11-3-4-12-21(20)28-24/h3-5,7-8,11-12,15,19,28H,1-2,6,9-10,13-14,16H2,(H,26,27). The van der Waals surface area contributed by atoms with Crippen LogP contribution in [-0.4, -0.2) is 41.3 Å². The maximum absolute atomic E-state index is 13.7. The minimum Gasteiger partial charge on any atom is -0.370 e. The Morgan fingerprint density at radius 1 is 1.07 bits per heavy atom. The van der Waals surface area contributed by atoms with Gasteiger partial charge in [-0.05, 0) is 56.0 Å². The number of hydrogen-bond donors (Lipinski definition) is 2. The number of halogens is 1. The number of carbonyl (C=O) groups is 1. The largest absolute Gasteiger partial charge is 0.370 e. The average Bonchev–Trinajstić information content (AvgIpc) is 3.27. The van der Waals surface area contributed by atoms with Crippen molar-refractivity contribution in [2.45, 2.75) is 50.1 Å². The first-order valence-electron chi connectivity index (χ1n) is 10.9. The summed E-state index contributed by atoms with van der Waals surface area (Å²) in [6, 6.07) is 14.4. The quantitative estimate of drug-likeness (QED) is 0.761. The van der Waals surface area contributed by atoms with Crippen molar-refractivity contribution < 1.29 is 9.18 Å². The van der Waals surface area contributed by atoms with Crippen molar-refractivity contribution in [1.82, 2.24) is 4.90 Å². The number of amides is 1. The number of fused-ring (bicyclic) bond motifs is 1. The Balaban J connectivity index is 1.48. The van der Waals surface area contributed by atoms with Crippen molar-refractivity contribution >= 4 is 23.1 Å². The summed E-state index contributed by atoms with van der Waals surface area (Å²) in [6.45, 7) is 1.17. The van der Waals surface area contributed by atoms with Gasteiger partial charge in [-0.2, -0.15) is 0 Å². The molecule has 1 spiro atoms. The molecule has 1 amide bonds. The third kappa shape index (κ3) is 3.55. The van der Waals surface area contributed by atoms with E-state index in [2.05, 4.69) is 22.8 Å². The number of nitrogens with zero attached hydrogens (tertiary/aromatic N) is 2. The van der Waals surface area contributed by atoms with Crippen molar-refractivity contribution in [3.63, 3.8) is 0 Å². The van der Waals surface area contributed by atoms with Crippen LogP contribution in [0.15, 0.2) is 53.5 Å². The maximum atomic E-state index is 13.7. The van der Waals surface area contributed by atoms with Crippen LogP contribution < -0.4 is 10.6 Å². The van der Waals surface area contributed by atoms with Crippen LogP contribution in [0.2, 0.25) is 0 Å². The van der Waals surface area contributed by atoms with Gasteiger partial charge in [0.05, 0.1) is 24.0 Å². The van der Waals surface area contributed by atoms with E-state index in [9.17, 15) is 9.18 Å². The first-order chi connectivity index (χ1) is 14.6. The summed E-state index contributed by atoms with van der Waals surface area (Å²) in [4.78, 5) is 20.1. The SMILES string of the molecule is O=C(c1cccc(F)c1)N1CCCC2(C1)Nc1ccccc1NC2=NC1CCCC1. The van der Waals surface area contributed by atoms with Crippen LogP contribution in [-0.2, 0) is 0 Å². The van der Waals surface area contributed by atoms with Gasteiger partial charge in [-0.1, -0.05) is 31.0 Å². The molecule has 2 aromatic rings. The number of benzene rings is 2. The van der Waals surface area contributed by atoms with Gasteiger partial charge in [0.15, 0.2) is 0 Å². The van der Waals surface area contributed by atoms with E-state index in [0.29, 0.717) is 24.7 Å². The molecule has 0 aromatic heterocycles. The van der Waals surface area contributed by atoms with Crippen molar-refractivity contribution in [2.75, 3.05) is 23.7 Å². The highest BCUT2D eigenvalue weighted by Gasteiger charge is 2.45. The highest BCUT2D eigenvalue weighted by atomic mass is 19.1. The van der Waals surface area contributed by atoms with E-state index in [0.717, 1.165) is 42.9 Å². The topological polar surface area (TPSA) is 56.7 Å². The smallest absolute Gasteiger partial charge is 0.254 e. The molecule has 3 aliphatic rings. The second-order valence-electron chi connectivity index (χ2n) is 8.63. The van der Waals surface area contributed by atoms with Crippen molar-refractivity contribution in [1.29, 1.82) is 0 Å². The Kier molecular flexibility index (Phi) is 4.93. The van der Waals surface area contributed by atoms with Crippen LogP contribution in [0.25, 0.3) is 0 Å². The predicted molar refractivity (Wildman–Crippen MR) is 118 cm³/mol. The lowest BCUT2D eigenvalue weighted by molar-refractivity contribution is 0.0694. The lowest BCUT2D eigenvalue weighted by Crippen LogP contribution is -2.62. The highest BCUT2D eigenvalue weighted by molar-refractivity contribution is 6.10. The van der Waals surface area contributed by atoms with Gasteiger partial charge in [-0.3, -0.25) is 9.79 Å². The molecular weight excluding hydrogens is 379 g/mol. The Labute approximate surface area is 176 Å². The Morgan fingerprint density at radius 3 is 2.67 bits per heavy atom. The lowest BCUT2D eigenvalue weighted by atomic mass is 9.84. The number of aliphatic imine (C=N–C) groups is 1. The van der Waals surface area contributed by atoms with E-state index in [-0.39, 0.29) is 11.7 Å². The first kappa shape index (κ1) is 19.1. The van der Waals surface area contributed by atoms with Crippen molar-refractivity contribution in [3.8, 4) is 0 Å². The maximum Gasteiger partial charge on any atom is 0.254 e. The average molecular weight is 407 g/mol. The third-order valence-corrected chi connectivity index (χ3v) is 6.49. The molecule has 30 heavy (non-hydrogen) atoms. The molecule has 1 atom stereocenters. The minimum atomic E-state index is -0.446. The number of amidine groups is 1. The number of piperidine rings is 1. The Bertz CT molecular complexity index is 985. The Hall–Kier alpha value is -2.89. The third-order valence-electron chi connectivity index (χ3n) is 6.49. The number of carbonyl (C=O) groups excluding carboxylic acids is 1. The molecule has 6 heteroatoms. The van der Waals surface area contributed by atoms with E-state index < -0.39 is 5.54 Å². The van der Waals surface area contributed by atoms with Gasteiger partial charge in [0.25, 0.3) is 5.91 Å². The zero-order valence-electron chi connectivity index (χ0n) is 17.0. The van der Waals surface area contributed by atoms with Crippen LogP contribution in [0.5, 0.6) is 0 Å². The van der Waals surface area contributed by atoms with Gasteiger partial charge >= 0.3 is 0 Å². The van der Waals surface area contributed by atoms with Crippen molar-refractivity contribution in [3.05, 3.63) is 59.9 Å². The fourth-order valence-electron chi connectivity index (χ4n) is 4.97. The molecule has 156 valence electrons. The molecule has 0 bridgehead atoms. The van der Waals surface area contributed by atoms with Gasteiger partial charge < -0.3 is 15.5 Å². The number of likely N-dealkylation sites (tertiary alicyclic amines) is 1.